The second kappa shape index (κ2) is 22.4. The van der Waals surface area contributed by atoms with Gasteiger partial charge >= 0.3 is 0 Å². The van der Waals surface area contributed by atoms with Crippen LogP contribution < -0.4 is 5.73 Å². The summed E-state index contributed by atoms with van der Waals surface area (Å²) in [5, 5.41) is 27.9. The second-order valence-corrected chi connectivity index (χ2v) is 18.7. The molecule has 12 nitrogen and oxygen atoms in total. The summed E-state index contributed by atoms with van der Waals surface area (Å²) in [5.74, 6) is 0.582. The Labute approximate surface area is 349 Å². The number of pyridine rings is 1. The number of carbonyl (C=O) groups is 2. The summed E-state index contributed by atoms with van der Waals surface area (Å²) in [5.41, 5.74) is 10.5. The Bertz CT molecular complexity index is 1660. The van der Waals surface area contributed by atoms with Crippen molar-refractivity contribution in [1.82, 2.24) is 19.7 Å². The van der Waals surface area contributed by atoms with Gasteiger partial charge in [-0.25, -0.2) is 4.98 Å². The summed E-state index contributed by atoms with van der Waals surface area (Å²) < 4.78 is 5.45. The molecule has 0 radical (unpaired) electrons. The average molecular weight is 811 g/mol. The number of piperazine rings is 1. The van der Waals surface area contributed by atoms with Crippen LogP contribution in [0.4, 0.5) is 11.5 Å². The number of anilines is 1. The third-order valence-electron chi connectivity index (χ3n) is 12.2. The van der Waals surface area contributed by atoms with Crippen LogP contribution in [-0.2, 0) is 20.7 Å². The van der Waals surface area contributed by atoms with Gasteiger partial charge in [-0.3, -0.25) is 24.4 Å². The van der Waals surface area contributed by atoms with E-state index in [0.29, 0.717) is 24.9 Å². The molecule has 2 aliphatic rings. The first-order valence-electron chi connectivity index (χ1n) is 21.2. The number of aliphatic imine (C=N–C) groups is 1. The van der Waals surface area contributed by atoms with Gasteiger partial charge in [-0.1, -0.05) is 53.7 Å². The number of hydrogen-bond acceptors (Lipinski definition) is 11. The van der Waals surface area contributed by atoms with Crippen molar-refractivity contribution < 1.29 is 29.6 Å². The fourth-order valence-electron chi connectivity index (χ4n) is 7.11. The summed E-state index contributed by atoms with van der Waals surface area (Å²) in [6.45, 7) is 33.4. The molecule has 58 heavy (non-hydrogen) atoms. The fourth-order valence-corrected chi connectivity index (χ4v) is 7.11. The molecule has 0 atom stereocenters. The average Bonchev–Trinajstić information content (AvgIpc) is 3.53. The molecule has 0 bridgehead atoms. The Morgan fingerprint density at radius 2 is 1.50 bits per heavy atom. The van der Waals surface area contributed by atoms with E-state index in [2.05, 4.69) is 86.4 Å². The molecule has 0 unspecified atom stereocenters. The molecular weight excluding hydrogens is 733 g/mol. The van der Waals surface area contributed by atoms with E-state index in [1.165, 1.54) is 22.6 Å². The van der Waals surface area contributed by atoms with E-state index < -0.39 is 5.54 Å². The number of ether oxygens (including phenoxy) is 1. The molecule has 2 aliphatic heterocycles. The number of aryl methyl sites for hydroxylation is 2. The number of hydrogen-bond donors (Lipinski definition) is 4. The summed E-state index contributed by atoms with van der Waals surface area (Å²) in [6, 6.07) is 6.52. The van der Waals surface area contributed by atoms with E-state index in [9.17, 15) is 14.7 Å². The highest BCUT2D eigenvalue weighted by atomic mass is 16.5. The van der Waals surface area contributed by atoms with Crippen LogP contribution in [-0.4, -0.2) is 129 Å². The fraction of sp³-hybridized carbons (Fsp3) is 0.696. The minimum Gasteiger partial charge on any atom is -0.396 e. The Kier molecular flexibility index (Phi) is 19.6. The molecule has 1 fully saturated rings. The Balaban J connectivity index is 0.000000384. The normalized spacial score (nSPS) is 16.2. The van der Waals surface area contributed by atoms with Crippen molar-refractivity contribution in [3.05, 3.63) is 41.5 Å². The molecule has 5 N–H and O–H groups in total. The summed E-state index contributed by atoms with van der Waals surface area (Å²) in [6.07, 6.45) is 6.46. The molecule has 4 rings (SSSR count). The summed E-state index contributed by atoms with van der Waals surface area (Å²) in [4.78, 5) is 39.0. The zero-order chi connectivity index (χ0) is 44.1. The molecule has 2 aromatic rings. The van der Waals surface area contributed by atoms with E-state index in [1.54, 1.807) is 0 Å². The lowest BCUT2D eigenvalue weighted by molar-refractivity contribution is -0.144. The third-order valence-corrected chi connectivity index (χ3v) is 12.2. The first-order chi connectivity index (χ1) is 27.0. The number of nitrogens with two attached hydrogens (primary N) is 1. The van der Waals surface area contributed by atoms with E-state index >= 15 is 0 Å². The predicted octanol–water partition coefficient (Wildman–Crippen LogP) is 6.73. The highest BCUT2D eigenvalue weighted by Gasteiger charge is 2.41. The Hall–Kier alpha value is -3.26. The standard InChI is InChI=1S/C26H41N5O2.C14H23NO2.C6H14O2/c1-6-33-17-19(2)28-24-20(3)22-10-9-21(16-23(22)29-25(24)27)8-7-11-30-12-14-31(15-13-30)26(4,5)18-32;1-10(2)13(3,4)9-14(5,6)15-11(16)7-8-12(15)17;1-3-6(2,4-7)5-8/h9-10,16,32H,6-8,11-15,17-18H2,1-5H3,(H2,27,29);7-8,10H,9H2,1-6H3;7-8H,3-5H2,1-2H3. The number of nitrogen functional groups attached to an aromatic ring is 1. The number of aliphatic hydroxyl groups is 3. The van der Waals surface area contributed by atoms with Gasteiger partial charge in [0.15, 0.2) is 0 Å². The van der Waals surface area contributed by atoms with Crippen molar-refractivity contribution in [3.8, 4) is 0 Å². The van der Waals surface area contributed by atoms with Gasteiger partial charge in [0.25, 0.3) is 11.8 Å². The molecule has 1 saturated heterocycles. The first-order valence-corrected chi connectivity index (χ1v) is 21.2. The number of rotatable bonds is 17. The summed E-state index contributed by atoms with van der Waals surface area (Å²) >= 11 is 0. The first kappa shape index (κ1) is 50.9. The van der Waals surface area contributed by atoms with Crippen LogP contribution >= 0.6 is 0 Å². The maximum atomic E-state index is 11.7. The lowest BCUT2D eigenvalue weighted by Crippen LogP contribution is -2.56. The SMILES string of the molecule is CC(C)C(C)(C)CC(C)(C)N1C(=O)C=CC1=O.CCC(C)(CO)CO.CCOCC(C)=Nc1c(N)nc2cc(CCCN3CCN(C(C)(C)CO)CC3)ccc2c1C. The number of aromatic nitrogens is 1. The van der Waals surface area contributed by atoms with Gasteiger partial charge in [0.1, 0.15) is 11.5 Å². The number of carbonyl (C=O) groups excluding carboxylic acids is 2. The smallest absolute Gasteiger partial charge is 0.254 e. The van der Waals surface area contributed by atoms with Crippen molar-refractivity contribution in [1.29, 1.82) is 0 Å². The number of benzene rings is 1. The van der Waals surface area contributed by atoms with Crippen LogP contribution in [0.1, 0.15) is 113 Å². The van der Waals surface area contributed by atoms with Gasteiger partial charge in [-0.15, -0.1) is 0 Å². The van der Waals surface area contributed by atoms with Gasteiger partial charge in [-0.05, 0) is 109 Å². The van der Waals surface area contributed by atoms with E-state index in [4.69, 9.17) is 20.7 Å². The minimum absolute atomic E-state index is 0.0694. The number of amides is 2. The number of imide groups is 1. The highest BCUT2D eigenvalue weighted by molar-refractivity contribution is 6.13. The van der Waals surface area contributed by atoms with Crippen LogP contribution in [0.15, 0.2) is 35.3 Å². The number of fused-ring (bicyclic) bond motifs is 1. The molecule has 1 aromatic heterocycles. The van der Waals surface area contributed by atoms with Crippen LogP contribution in [0.5, 0.6) is 0 Å². The van der Waals surface area contributed by atoms with Crippen molar-refractivity contribution in [3.63, 3.8) is 0 Å². The zero-order valence-electron chi connectivity index (χ0n) is 38.2. The van der Waals surface area contributed by atoms with Gasteiger partial charge in [0.2, 0.25) is 0 Å². The Morgan fingerprint density at radius 3 is 1.98 bits per heavy atom. The monoisotopic (exact) mass is 811 g/mol. The molecule has 328 valence electrons. The topological polar surface area (TPSA) is 165 Å². The third kappa shape index (κ3) is 14.5. The Morgan fingerprint density at radius 1 is 0.914 bits per heavy atom. The molecule has 0 aliphatic carbocycles. The van der Waals surface area contributed by atoms with Crippen LogP contribution in [0.3, 0.4) is 0 Å². The van der Waals surface area contributed by atoms with Crippen LogP contribution in [0, 0.1) is 23.7 Å². The molecule has 0 spiro atoms. The highest BCUT2D eigenvalue weighted by Crippen LogP contribution is 2.38. The molecule has 2 amide bonds. The van der Waals surface area contributed by atoms with Gasteiger partial charge in [-0.2, -0.15) is 0 Å². The van der Waals surface area contributed by atoms with Crippen LogP contribution in [0.25, 0.3) is 10.9 Å². The van der Waals surface area contributed by atoms with Gasteiger partial charge in [0, 0.05) is 72.5 Å². The van der Waals surface area contributed by atoms with Crippen molar-refractivity contribution in [2.24, 2.45) is 21.7 Å². The number of nitrogens with zero attached hydrogens (tertiary/aromatic N) is 5. The quantitative estimate of drug-likeness (QED) is 0.0996. The van der Waals surface area contributed by atoms with E-state index in [1.807, 2.05) is 41.5 Å². The van der Waals surface area contributed by atoms with Crippen molar-refractivity contribution >= 4 is 39.9 Å². The largest absolute Gasteiger partial charge is 0.396 e. The van der Waals surface area contributed by atoms with E-state index in [-0.39, 0.29) is 48.0 Å². The maximum Gasteiger partial charge on any atom is 0.254 e. The lowest BCUT2D eigenvalue weighted by atomic mass is 9.72. The molecule has 1 aromatic carbocycles. The minimum atomic E-state index is -0.439. The summed E-state index contributed by atoms with van der Waals surface area (Å²) in [7, 11) is 0. The van der Waals surface area contributed by atoms with Crippen LogP contribution in [0.2, 0.25) is 0 Å². The van der Waals surface area contributed by atoms with Gasteiger partial charge < -0.3 is 30.7 Å². The van der Waals surface area contributed by atoms with E-state index in [0.717, 1.165) is 86.3 Å². The lowest BCUT2D eigenvalue weighted by Gasteiger charge is -2.43. The molecular formula is C46H78N6O6. The van der Waals surface area contributed by atoms with Crippen molar-refractivity contribution in [2.45, 2.75) is 127 Å². The predicted molar refractivity (Wildman–Crippen MR) is 239 cm³/mol. The maximum absolute atomic E-state index is 11.7. The molecule has 0 saturated carbocycles. The van der Waals surface area contributed by atoms with Gasteiger partial charge in [0.05, 0.1) is 31.9 Å². The zero-order valence-corrected chi connectivity index (χ0v) is 38.2. The number of aliphatic hydroxyl groups excluding tert-OH is 3. The molecule has 12 heteroatoms. The molecule has 3 heterocycles. The second-order valence-electron chi connectivity index (χ2n) is 18.7. The van der Waals surface area contributed by atoms with Crippen molar-refractivity contribution in [2.75, 3.05) is 71.5 Å².